The minimum absolute atomic E-state index is 0.231. The zero-order chi connectivity index (χ0) is 21.0. The van der Waals surface area contributed by atoms with E-state index in [0.717, 1.165) is 30.6 Å². The molecule has 0 amide bonds. The van der Waals surface area contributed by atoms with Gasteiger partial charge in [0, 0.05) is 25.2 Å². The molecule has 8 atom stereocenters. The van der Waals surface area contributed by atoms with Crippen LogP contribution in [-0.4, -0.2) is 11.6 Å². The molecular formula is C27H44O2. The Kier molecular flexibility index (Phi) is 5.79. The van der Waals surface area contributed by atoms with Crippen molar-refractivity contribution in [2.24, 2.45) is 52.3 Å². The maximum Gasteiger partial charge on any atom is 0.136 e. The predicted molar refractivity (Wildman–Crippen MR) is 118 cm³/mol. The minimum Gasteiger partial charge on any atom is -0.300 e. The van der Waals surface area contributed by atoms with E-state index in [2.05, 4.69) is 34.6 Å². The number of carbonyl (C=O) groups is 2. The normalized spacial score (nSPS) is 45.7. The van der Waals surface area contributed by atoms with Crippen molar-refractivity contribution < 1.29 is 9.59 Å². The van der Waals surface area contributed by atoms with Crippen molar-refractivity contribution in [3.8, 4) is 0 Å². The second-order valence-electron chi connectivity index (χ2n) is 12.4. The van der Waals surface area contributed by atoms with Gasteiger partial charge < -0.3 is 0 Å². The second kappa shape index (κ2) is 7.79. The highest BCUT2D eigenvalue weighted by atomic mass is 16.1. The van der Waals surface area contributed by atoms with Gasteiger partial charge in [-0.3, -0.25) is 9.59 Å². The highest BCUT2D eigenvalue weighted by Crippen LogP contribution is 2.67. The smallest absolute Gasteiger partial charge is 0.136 e. The van der Waals surface area contributed by atoms with Crippen molar-refractivity contribution in [2.75, 3.05) is 0 Å². The first kappa shape index (κ1) is 21.6. The summed E-state index contributed by atoms with van der Waals surface area (Å²) >= 11 is 0. The number of hydrogen-bond acceptors (Lipinski definition) is 2. The van der Waals surface area contributed by atoms with Crippen LogP contribution in [0.15, 0.2) is 0 Å². The molecule has 0 aliphatic heterocycles. The fourth-order valence-electron chi connectivity index (χ4n) is 8.75. The van der Waals surface area contributed by atoms with E-state index in [-0.39, 0.29) is 11.3 Å². The molecule has 4 saturated carbocycles. The molecule has 0 heterocycles. The molecule has 2 nitrogen and oxygen atoms in total. The SMILES string of the molecule is CC(C)CCC[C@@H](C)[C@H]1CC[C@H]2[C@@H]3C(=O)C[C@@H]4CC(=O)CC[C@]4(C)[C@H]3CC[C@]12C. The summed E-state index contributed by atoms with van der Waals surface area (Å²) < 4.78 is 0. The number of hydrogen-bond donors (Lipinski definition) is 0. The van der Waals surface area contributed by atoms with Gasteiger partial charge in [-0.2, -0.15) is 0 Å². The topological polar surface area (TPSA) is 34.1 Å². The number of rotatable bonds is 5. The standard InChI is InChI=1S/C27H44O2/c1-17(2)7-6-8-18(3)21-9-10-22-25-23(12-14-27(21,22)5)26(4)13-11-20(28)15-19(26)16-24(25)29/h17-19,21-23,25H,6-16H2,1-5H3/t18-,19+,21-,22+,23+,25+,26+,27-/m1/s1. The van der Waals surface area contributed by atoms with Crippen LogP contribution in [0.4, 0.5) is 0 Å². The summed E-state index contributed by atoms with van der Waals surface area (Å²) in [5.41, 5.74) is 0.594. The number of carbonyl (C=O) groups excluding carboxylic acids is 2. The summed E-state index contributed by atoms with van der Waals surface area (Å²) in [5, 5.41) is 0. The number of Topliss-reactive ketones (excluding diaryl/α,β-unsaturated/α-hetero) is 2. The number of fused-ring (bicyclic) bond motifs is 5. The summed E-state index contributed by atoms with van der Waals surface area (Å²) in [6, 6.07) is 0. The molecular weight excluding hydrogens is 356 g/mol. The molecule has 2 heteroatoms. The molecule has 4 aliphatic rings. The van der Waals surface area contributed by atoms with Crippen LogP contribution >= 0.6 is 0 Å². The minimum atomic E-state index is 0.231. The first-order valence-corrected chi connectivity index (χ1v) is 12.7. The van der Waals surface area contributed by atoms with E-state index in [4.69, 9.17) is 0 Å². The lowest BCUT2D eigenvalue weighted by Gasteiger charge is -2.59. The van der Waals surface area contributed by atoms with E-state index in [9.17, 15) is 9.59 Å². The Morgan fingerprint density at radius 2 is 1.62 bits per heavy atom. The third-order valence-corrected chi connectivity index (χ3v) is 10.5. The Labute approximate surface area is 179 Å². The zero-order valence-corrected chi connectivity index (χ0v) is 19.6. The van der Waals surface area contributed by atoms with Gasteiger partial charge in [0.05, 0.1) is 0 Å². The fourth-order valence-corrected chi connectivity index (χ4v) is 8.75. The monoisotopic (exact) mass is 400 g/mol. The van der Waals surface area contributed by atoms with Crippen LogP contribution in [0.5, 0.6) is 0 Å². The summed E-state index contributed by atoms with van der Waals surface area (Å²) in [4.78, 5) is 25.5. The molecule has 0 saturated heterocycles. The molecule has 0 spiro atoms. The van der Waals surface area contributed by atoms with Crippen LogP contribution < -0.4 is 0 Å². The Balaban J connectivity index is 1.52. The highest BCUT2D eigenvalue weighted by molar-refractivity contribution is 5.86. The first-order valence-electron chi connectivity index (χ1n) is 12.7. The van der Waals surface area contributed by atoms with Gasteiger partial charge in [-0.15, -0.1) is 0 Å². The number of ketones is 2. The lowest BCUT2D eigenvalue weighted by Crippen LogP contribution is -2.57. The Morgan fingerprint density at radius 1 is 0.897 bits per heavy atom. The lowest BCUT2D eigenvalue weighted by molar-refractivity contribution is -0.159. The summed E-state index contributed by atoms with van der Waals surface area (Å²) in [6.07, 6.45) is 12.3. The lowest BCUT2D eigenvalue weighted by atomic mass is 9.44. The molecule has 0 bridgehead atoms. The molecule has 29 heavy (non-hydrogen) atoms. The molecule has 0 N–H and O–H groups in total. The molecule has 0 aromatic heterocycles. The van der Waals surface area contributed by atoms with Crippen molar-refractivity contribution in [1.82, 2.24) is 0 Å². The highest BCUT2D eigenvalue weighted by Gasteiger charge is 2.62. The van der Waals surface area contributed by atoms with E-state index in [1.807, 2.05) is 0 Å². The van der Waals surface area contributed by atoms with Gasteiger partial charge in [-0.1, -0.05) is 53.9 Å². The molecule has 4 fully saturated rings. The van der Waals surface area contributed by atoms with Crippen LogP contribution in [-0.2, 0) is 9.59 Å². The van der Waals surface area contributed by atoms with Crippen LogP contribution in [0.2, 0.25) is 0 Å². The summed E-state index contributed by atoms with van der Waals surface area (Å²) in [5.74, 6) is 5.07. The first-order chi connectivity index (χ1) is 13.7. The third-order valence-electron chi connectivity index (χ3n) is 10.5. The maximum absolute atomic E-state index is 13.4. The van der Waals surface area contributed by atoms with Crippen LogP contribution in [0.1, 0.15) is 105 Å². The fraction of sp³-hybridized carbons (Fsp3) is 0.926. The molecule has 0 unspecified atom stereocenters. The average molecular weight is 401 g/mol. The van der Waals surface area contributed by atoms with Gasteiger partial charge in [0.2, 0.25) is 0 Å². The zero-order valence-electron chi connectivity index (χ0n) is 19.6. The summed E-state index contributed by atoms with van der Waals surface area (Å²) in [7, 11) is 0. The largest absolute Gasteiger partial charge is 0.300 e. The molecule has 4 rings (SSSR count). The summed E-state index contributed by atoms with van der Waals surface area (Å²) in [6.45, 7) is 12.2. The van der Waals surface area contributed by atoms with E-state index in [1.54, 1.807) is 0 Å². The average Bonchev–Trinajstić information content (AvgIpc) is 3.00. The molecule has 0 aromatic rings. The van der Waals surface area contributed by atoms with Gasteiger partial charge in [0.25, 0.3) is 0 Å². The van der Waals surface area contributed by atoms with Gasteiger partial charge in [0.15, 0.2) is 0 Å². The van der Waals surface area contributed by atoms with Crippen LogP contribution in [0, 0.1) is 52.3 Å². The van der Waals surface area contributed by atoms with Gasteiger partial charge in [-0.25, -0.2) is 0 Å². The molecule has 164 valence electrons. The molecule has 0 aromatic carbocycles. The Morgan fingerprint density at radius 3 is 2.34 bits per heavy atom. The van der Waals surface area contributed by atoms with Crippen molar-refractivity contribution in [2.45, 2.75) is 105 Å². The third kappa shape index (κ3) is 3.55. The molecule has 0 radical (unpaired) electrons. The predicted octanol–water partition coefficient (Wildman–Crippen LogP) is 6.86. The van der Waals surface area contributed by atoms with E-state index >= 15 is 0 Å². The van der Waals surface area contributed by atoms with Gasteiger partial charge >= 0.3 is 0 Å². The Bertz CT molecular complexity index is 651. The van der Waals surface area contributed by atoms with Crippen LogP contribution in [0.3, 0.4) is 0 Å². The Hall–Kier alpha value is -0.660. The van der Waals surface area contributed by atoms with Crippen molar-refractivity contribution >= 4 is 11.6 Å². The van der Waals surface area contributed by atoms with Crippen molar-refractivity contribution in [3.05, 3.63) is 0 Å². The van der Waals surface area contributed by atoms with E-state index < -0.39 is 0 Å². The van der Waals surface area contributed by atoms with Crippen molar-refractivity contribution in [1.29, 1.82) is 0 Å². The maximum atomic E-state index is 13.4. The van der Waals surface area contributed by atoms with E-state index in [0.29, 0.717) is 47.6 Å². The second-order valence-corrected chi connectivity index (χ2v) is 12.4. The quantitative estimate of drug-likeness (QED) is 0.505. The van der Waals surface area contributed by atoms with Gasteiger partial charge in [0.1, 0.15) is 11.6 Å². The van der Waals surface area contributed by atoms with Gasteiger partial charge in [-0.05, 0) is 78.4 Å². The van der Waals surface area contributed by atoms with Crippen molar-refractivity contribution in [3.63, 3.8) is 0 Å². The van der Waals surface area contributed by atoms with Crippen LogP contribution in [0.25, 0.3) is 0 Å². The van der Waals surface area contributed by atoms with E-state index in [1.165, 1.54) is 44.9 Å². The molecule has 4 aliphatic carbocycles.